The first kappa shape index (κ1) is 23.3. The summed E-state index contributed by atoms with van der Waals surface area (Å²) in [6.45, 7) is 10.6. The van der Waals surface area contributed by atoms with Crippen molar-refractivity contribution in [3.8, 4) is 0 Å². The molecule has 0 N–H and O–H groups in total. The molecule has 0 radical (unpaired) electrons. The molecule has 0 aromatic carbocycles. The molecule has 4 aliphatic carbocycles. The standard InChI is InChI=1S/C29H46OSi/c1-5-29(21-22-30-31(6-2,7-3)8-4,27-19-17-23-13-9-11-15-25(23)27)28-20-18-24-14-10-12-16-26(24)28/h9-12,15-16,23-24,27-28H,5-8,13-14,17-22H2,1-4H3. The summed E-state index contributed by atoms with van der Waals surface area (Å²) in [5, 5.41) is 0. The summed E-state index contributed by atoms with van der Waals surface area (Å²) < 4.78 is 6.90. The second kappa shape index (κ2) is 9.95. The number of rotatable bonds is 10. The minimum Gasteiger partial charge on any atom is -0.417 e. The number of hydrogen-bond acceptors (Lipinski definition) is 1. The van der Waals surface area contributed by atoms with Crippen molar-refractivity contribution in [2.24, 2.45) is 29.1 Å². The van der Waals surface area contributed by atoms with E-state index >= 15 is 0 Å². The Morgan fingerprint density at radius 2 is 1.32 bits per heavy atom. The van der Waals surface area contributed by atoms with Gasteiger partial charge in [0.2, 0.25) is 0 Å². The average molecular weight is 439 g/mol. The van der Waals surface area contributed by atoms with Gasteiger partial charge in [-0.05, 0) is 98.6 Å². The van der Waals surface area contributed by atoms with E-state index in [9.17, 15) is 0 Å². The van der Waals surface area contributed by atoms with Gasteiger partial charge in [-0.2, -0.15) is 0 Å². The summed E-state index contributed by atoms with van der Waals surface area (Å²) in [4.78, 5) is 0. The molecule has 4 aliphatic rings. The molecule has 2 saturated carbocycles. The first-order valence-electron chi connectivity index (χ1n) is 13.5. The molecule has 0 spiro atoms. The molecule has 2 heteroatoms. The van der Waals surface area contributed by atoms with Gasteiger partial charge in [0.05, 0.1) is 0 Å². The van der Waals surface area contributed by atoms with Crippen LogP contribution in [0.3, 0.4) is 0 Å². The Hall–Kier alpha value is -0.863. The van der Waals surface area contributed by atoms with Crippen molar-refractivity contribution in [1.29, 1.82) is 0 Å². The summed E-state index contributed by atoms with van der Waals surface area (Å²) >= 11 is 0. The van der Waals surface area contributed by atoms with E-state index in [1.54, 1.807) is 11.1 Å². The van der Waals surface area contributed by atoms with Crippen LogP contribution in [0.1, 0.15) is 79.1 Å². The van der Waals surface area contributed by atoms with E-state index in [2.05, 4.69) is 64.2 Å². The SMILES string of the molecule is CCC(CCO[Si](CC)(CC)CC)(C1CCC2CC=CC=C21)C1CCC2CC=CC=C21. The van der Waals surface area contributed by atoms with Crippen LogP contribution in [0.4, 0.5) is 0 Å². The fourth-order valence-corrected chi connectivity index (χ4v) is 10.5. The summed E-state index contributed by atoms with van der Waals surface area (Å²) in [6, 6.07) is 3.80. The highest BCUT2D eigenvalue weighted by Gasteiger charge is 2.52. The van der Waals surface area contributed by atoms with Gasteiger partial charge in [0.1, 0.15) is 0 Å². The Kier molecular flexibility index (Phi) is 7.48. The van der Waals surface area contributed by atoms with E-state index in [-0.39, 0.29) is 0 Å². The van der Waals surface area contributed by atoms with Crippen LogP contribution in [0.5, 0.6) is 0 Å². The Morgan fingerprint density at radius 3 is 1.77 bits per heavy atom. The molecular weight excluding hydrogens is 392 g/mol. The minimum absolute atomic E-state index is 0.382. The van der Waals surface area contributed by atoms with Crippen LogP contribution < -0.4 is 0 Å². The molecule has 172 valence electrons. The molecule has 4 unspecified atom stereocenters. The van der Waals surface area contributed by atoms with Gasteiger partial charge >= 0.3 is 0 Å². The van der Waals surface area contributed by atoms with E-state index < -0.39 is 8.32 Å². The summed E-state index contributed by atoms with van der Waals surface area (Å²) in [5.74, 6) is 3.14. The van der Waals surface area contributed by atoms with Crippen molar-refractivity contribution in [3.05, 3.63) is 47.6 Å². The van der Waals surface area contributed by atoms with E-state index in [1.807, 2.05) is 0 Å². The lowest BCUT2D eigenvalue weighted by molar-refractivity contribution is 0.0717. The molecule has 1 nitrogen and oxygen atoms in total. The van der Waals surface area contributed by atoms with E-state index in [1.165, 1.54) is 69.5 Å². The van der Waals surface area contributed by atoms with Gasteiger partial charge < -0.3 is 4.43 Å². The predicted octanol–water partition coefficient (Wildman–Crippen LogP) is 8.62. The molecule has 2 fully saturated rings. The third-order valence-corrected chi connectivity index (χ3v) is 14.7. The third kappa shape index (κ3) is 4.24. The number of hydrogen-bond donors (Lipinski definition) is 0. The molecule has 0 saturated heterocycles. The zero-order valence-electron chi connectivity index (χ0n) is 20.7. The summed E-state index contributed by atoms with van der Waals surface area (Å²) in [7, 11) is -1.53. The summed E-state index contributed by atoms with van der Waals surface area (Å²) in [6.07, 6.45) is 25.2. The second-order valence-corrected chi connectivity index (χ2v) is 15.5. The highest BCUT2D eigenvalue weighted by atomic mass is 28.4. The molecule has 0 aromatic heterocycles. The molecule has 4 rings (SSSR count). The predicted molar refractivity (Wildman–Crippen MR) is 137 cm³/mol. The molecule has 0 aliphatic heterocycles. The fraction of sp³-hybridized carbons (Fsp3) is 0.724. The molecule has 4 atom stereocenters. The largest absolute Gasteiger partial charge is 0.417 e. The molecule has 0 heterocycles. The van der Waals surface area contributed by atoms with Crippen molar-refractivity contribution in [2.45, 2.75) is 97.2 Å². The van der Waals surface area contributed by atoms with Crippen molar-refractivity contribution >= 4 is 8.32 Å². The Morgan fingerprint density at radius 1 is 0.806 bits per heavy atom. The van der Waals surface area contributed by atoms with Crippen LogP contribution in [0, 0.1) is 29.1 Å². The zero-order chi connectivity index (χ0) is 21.9. The molecule has 0 bridgehead atoms. The lowest BCUT2D eigenvalue weighted by Gasteiger charge is -2.47. The van der Waals surface area contributed by atoms with Crippen LogP contribution in [0.15, 0.2) is 47.6 Å². The van der Waals surface area contributed by atoms with E-state index in [4.69, 9.17) is 4.43 Å². The molecule has 31 heavy (non-hydrogen) atoms. The van der Waals surface area contributed by atoms with Crippen molar-refractivity contribution in [1.82, 2.24) is 0 Å². The van der Waals surface area contributed by atoms with Gasteiger partial charge in [-0.25, -0.2) is 0 Å². The van der Waals surface area contributed by atoms with Gasteiger partial charge in [0.15, 0.2) is 8.32 Å². The van der Waals surface area contributed by atoms with Crippen molar-refractivity contribution < 1.29 is 4.43 Å². The van der Waals surface area contributed by atoms with Crippen molar-refractivity contribution in [2.75, 3.05) is 6.61 Å². The molecule has 0 amide bonds. The Balaban J connectivity index is 1.65. The maximum Gasteiger partial charge on any atom is 0.191 e. The van der Waals surface area contributed by atoms with Crippen LogP contribution in [0.2, 0.25) is 18.1 Å². The van der Waals surface area contributed by atoms with Gasteiger partial charge in [0, 0.05) is 6.61 Å². The molecule has 0 aromatic rings. The Labute approximate surface area is 193 Å². The highest BCUT2D eigenvalue weighted by Crippen LogP contribution is 2.61. The topological polar surface area (TPSA) is 9.23 Å². The highest BCUT2D eigenvalue weighted by molar-refractivity contribution is 6.73. The van der Waals surface area contributed by atoms with E-state index in [0.717, 1.165) is 30.3 Å². The first-order valence-corrected chi connectivity index (χ1v) is 16.0. The third-order valence-electron chi connectivity index (χ3n) is 10.0. The fourth-order valence-electron chi connectivity index (χ4n) is 7.84. The smallest absolute Gasteiger partial charge is 0.191 e. The van der Waals surface area contributed by atoms with Gasteiger partial charge in [0.25, 0.3) is 0 Å². The first-order chi connectivity index (χ1) is 15.1. The number of fused-ring (bicyclic) bond motifs is 2. The normalized spacial score (nSPS) is 31.7. The molecular formula is C29H46OSi. The van der Waals surface area contributed by atoms with Crippen LogP contribution in [0.25, 0.3) is 0 Å². The van der Waals surface area contributed by atoms with Gasteiger partial charge in [-0.1, -0.05) is 75.3 Å². The number of allylic oxidation sites excluding steroid dienone is 8. The maximum atomic E-state index is 6.90. The van der Waals surface area contributed by atoms with Crippen LogP contribution >= 0.6 is 0 Å². The lowest BCUT2D eigenvalue weighted by atomic mass is 9.58. The van der Waals surface area contributed by atoms with Gasteiger partial charge in [-0.3, -0.25) is 0 Å². The Bertz CT molecular complexity index is 684. The quantitative estimate of drug-likeness (QED) is 0.310. The maximum absolute atomic E-state index is 6.90. The van der Waals surface area contributed by atoms with Crippen molar-refractivity contribution in [3.63, 3.8) is 0 Å². The average Bonchev–Trinajstić information content (AvgIpc) is 3.46. The van der Waals surface area contributed by atoms with Gasteiger partial charge in [-0.15, -0.1) is 0 Å². The minimum atomic E-state index is -1.53. The lowest BCUT2D eigenvalue weighted by Crippen LogP contribution is -2.42. The second-order valence-electron chi connectivity index (χ2n) is 10.7. The van der Waals surface area contributed by atoms with Crippen LogP contribution in [-0.4, -0.2) is 14.9 Å². The van der Waals surface area contributed by atoms with Crippen LogP contribution in [-0.2, 0) is 4.43 Å². The zero-order valence-corrected chi connectivity index (χ0v) is 21.7. The summed E-state index contributed by atoms with van der Waals surface area (Å²) in [5.41, 5.74) is 3.97. The monoisotopic (exact) mass is 438 g/mol. The van der Waals surface area contributed by atoms with E-state index in [0.29, 0.717) is 5.41 Å².